The number of hydrogen-bond donors (Lipinski definition) is 2. The Kier molecular flexibility index (Phi) is 7.50. The standard InChI is InChI=1S/C19H30FN3O/c1-14-9-10-16(13-18(14)20)15(2)23-19(21-3)22-11-6-12-24-17-7-4-5-8-17/h9-10,13,15,17H,4-8,11-12H2,1-3H3,(H2,21,22,23). The van der Waals surface area contributed by atoms with Crippen LogP contribution in [0.25, 0.3) is 0 Å². The van der Waals surface area contributed by atoms with Gasteiger partial charge in [-0.2, -0.15) is 0 Å². The molecule has 0 aromatic heterocycles. The Morgan fingerprint density at radius 2 is 2.12 bits per heavy atom. The lowest BCUT2D eigenvalue weighted by molar-refractivity contribution is 0.0574. The molecule has 0 amide bonds. The number of hydrogen-bond acceptors (Lipinski definition) is 2. The van der Waals surface area contributed by atoms with Crippen molar-refractivity contribution in [3.05, 3.63) is 35.1 Å². The molecule has 0 heterocycles. The summed E-state index contributed by atoms with van der Waals surface area (Å²) in [5, 5.41) is 6.58. The number of aryl methyl sites for hydroxylation is 1. The zero-order valence-electron chi connectivity index (χ0n) is 15.1. The van der Waals surface area contributed by atoms with Gasteiger partial charge in [0.15, 0.2) is 5.96 Å². The predicted molar refractivity (Wildman–Crippen MR) is 96.9 cm³/mol. The van der Waals surface area contributed by atoms with Gasteiger partial charge in [-0.25, -0.2) is 4.39 Å². The van der Waals surface area contributed by atoms with Gasteiger partial charge in [-0.3, -0.25) is 4.99 Å². The molecular weight excluding hydrogens is 305 g/mol. The number of ether oxygens (including phenoxy) is 1. The molecule has 1 saturated carbocycles. The van der Waals surface area contributed by atoms with E-state index in [1.807, 2.05) is 13.0 Å². The molecule has 4 nitrogen and oxygen atoms in total. The van der Waals surface area contributed by atoms with E-state index in [0.717, 1.165) is 31.1 Å². The predicted octanol–water partition coefficient (Wildman–Crippen LogP) is 3.71. The second-order valence-corrected chi connectivity index (χ2v) is 6.50. The number of halogens is 1. The first kappa shape index (κ1) is 18.7. The minimum absolute atomic E-state index is 0.0129. The van der Waals surface area contributed by atoms with Crippen molar-refractivity contribution in [2.75, 3.05) is 20.2 Å². The zero-order valence-corrected chi connectivity index (χ0v) is 15.1. The third kappa shape index (κ3) is 5.78. The summed E-state index contributed by atoms with van der Waals surface area (Å²) in [4.78, 5) is 4.23. The number of aliphatic imine (C=N–C) groups is 1. The zero-order chi connectivity index (χ0) is 17.4. The maximum absolute atomic E-state index is 13.7. The average Bonchev–Trinajstić information content (AvgIpc) is 3.09. The molecule has 24 heavy (non-hydrogen) atoms. The van der Waals surface area contributed by atoms with E-state index in [-0.39, 0.29) is 11.9 Å². The maximum atomic E-state index is 13.7. The van der Waals surface area contributed by atoms with Crippen LogP contribution in [0.2, 0.25) is 0 Å². The van der Waals surface area contributed by atoms with Gasteiger partial charge in [-0.15, -0.1) is 0 Å². The molecule has 2 N–H and O–H groups in total. The second kappa shape index (κ2) is 9.62. The van der Waals surface area contributed by atoms with Gasteiger partial charge in [0.1, 0.15) is 5.82 Å². The summed E-state index contributed by atoms with van der Waals surface area (Å²) in [5.74, 6) is 0.553. The second-order valence-electron chi connectivity index (χ2n) is 6.50. The van der Waals surface area contributed by atoms with E-state index in [0.29, 0.717) is 11.7 Å². The summed E-state index contributed by atoms with van der Waals surface area (Å²) in [6, 6.07) is 5.31. The molecule has 0 radical (unpaired) electrons. The van der Waals surface area contributed by atoms with E-state index in [1.54, 1.807) is 26.1 Å². The largest absolute Gasteiger partial charge is 0.378 e. The van der Waals surface area contributed by atoms with E-state index in [4.69, 9.17) is 4.74 Å². The van der Waals surface area contributed by atoms with Gasteiger partial charge in [-0.1, -0.05) is 25.0 Å². The number of nitrogens with zero attached hydrogens (tertiary/aromatic N) is 1. The minimum Gasteiger partial charge on any atom is -0.378 e. The van der Waals surface area contributed by atoms with Gasteiger partial charge in [-0.05, 0) is 50.3 Å². The first-order valence-corrected chi connectivity index (χ1v) is 8.95. The Morgan fingerprint density at radius 1 is 1.38 bits per heavy atom. The molecular formula is C19H30FN3O. The van der Waals surface area contributed by atoms with E-state index in [1.165, 1.54) is 25.7 Å². The van der Waals surface area contributed by atoms with Crippen molar-refractivity contribution >= 4 is 5.96 Å². The molecule has 0 saturated heterocycles. The van der Waals surface area contributed by atoms with Crippen LogP contribution in [-0.2, 0) is 4.74 Å². The van der Waals surface area contributed by atoms with Crippen LogP contribution < -0.4 is 10.6 Å². The lowest BCUT2D eigenvalue weighted by Crippen LogP contribution is -2.39. The van der Waals surface area contributed by atoms with E-state index >= 15 is 0 Å². The van der Waals surface area contributed by atoms with Crippen molar-refractivity contribution < 1.29 is 9.13 Å². The van der Waals surface area contributed by atoms with Gasteiger partial charge in [0.2, 0.25) is 0 Å². The fraction of sp³-hybridized carbons (Fsp3) is 0.632. The quantitative estimate of drug-likeness (QED) is 0.454. The number of nitrogens with one attached hydrogen (secondary N) is 2. The molecule has 0 aliphatic heterocycles. The van der Waals surface area contributed by atoms with Crippen LogP contribution in [0.15, 0.2) is 23.2 Å². The van der Waals surface area contributed by atoms with Crippen LogP contribution in [0, 0.1) is 12.7 Å². The summed E-state index contributed by atoms with van der Waals surface area (Å²) < 4.78 is 19.5. The highest BCUT2D eigenvalue weighted by atomic mass is 19.1. The van der Waals surface area contributed by atoms with Crippen LogP contribution >= 0.6 is 0 Å². The van der Waals surface area contributed by atoms with Gasteiger partial charge in [0, 0.05) is 20.2 Å². The summed E-state index contributed by atoms with van der Waals surface area (Å²) in [6.07, 6.45) is 6.44. The van der Waals surface area contributed by atoms with E-state index < -0.39 is 0 Å². The molecule has 134 valence electrons. The Hall–Kier alpha value is -1.62. The molecule has 5 heteroatoms. The van der Waals surface area contributed by atoms with Crippen LogP contribution in [-0.4, -0.2) is 32.3 Å². The maximum Gasteiger partial charge on any atom is 0.191 e. The van der Waals surface area contributed by atoms with Crippen molar-refractivity contribution in [1.82, 2.24) is 10.6 Å². The molecule has 1 atom stereocenters. The van der Waals surface area contributed by atoms with Crippen molar-refractivity contribution in [3.8, 4) is 0 Å². The monoisotopic (exact) mass is 335 g/mol. The molecule has 1 fully saturated rings. The van der Waals surface area contributed by atoms with Crippen molar-refractivity contribution in [2.24, 2.45) is 4.99 Å². The topological polar surface area (TPSA) is 45.7 Å². The molecule has 1 aromatic rings. The number of guanidine groups is 1. The summed E-state index contributed by atoms with van der Waals surface area (Å²) in [5.41, 5.74) is 1.57. The van der Waals surface area contributed by atoms with Crippen LogP contribution in [0.5, 0.6) is 0 Å². The van der Waals surface area contributed by atoms with E-state index in [9.17, 15) is 4.39 Å². The highest BCUT2D eigenvalue weighted by Gasteiger charge is 2.14. The third-order valence-electron chi connectivity index (χ3n) is 4.54. The van der Waals surface area contributed by atoms with Crippen molar-refractivity contribution in [1.29, 1.82) is 0 Å². The molecule has 0 bridgehead atoms. The Labute approximate surface area is 144 Å². The lowest BCUT2D eigenvalue weighted by Gasteiger charge is -2.19. The fourth-order valence-electron chi connectivity index (χ4n) is 2.95. The highest BCUT2D eigenvalue weighted by Crippen LogP contribution is 2.20. The van der Waals surface area contributed by atoms with Crippen LogP contribution in [0.1, 0.15) is 56.2 Å². The third-order valence-corrected chi connectivity index (χ3v) is 4.54. The molecule has 1 aliphatic carbocycles. The van der Waals surface area contributed by atoms with E-state index in [2.05, 4.69) is 15.6 Å². The summed E-state index contributed by atoms with van der Waals surface area (Å²) in [7, 11) is 1.74. The SMILES string of the molecule is CN=C(NCCCOC1CCCC1)NC(C)c1ccc(C)c(F)c1. The van der Waals surface area contributed by atoms with Gasteiger partial charge in [0.25, 0.3) is 0 Å². The van der Waals surface area contributed by atoms with Gasteiger partial charge in [0.05, 0.1) is 12.1 Å². The number of rotatable bonds is 7. The van der Waals surface area contributed by atoms with Crippen LogP contribution in [0.3, 0.4) is 0 Å². The Morgan fingerprint density at radius 3 is 2.79 bits per heavy atom. The summed E-state index contributed by atoms with van der Waals surface area (Å²) >= 11 is 0. The highest BCUT2D eigenvalue weighted by molar-refractivity contribution is 5.80. The smallest absolute Gasteiger partial charge is 0.191 e. The average molecular weight is 335 g/mol. The molecule has 1 unspecified atom stereocenters. The van der Waals surface area contributed by atoms with Gasteiger partial charge >= 0.3 is 0 Å². The van der Waals surface area contributed by atoms with Crippen molar-refractivity contribution in [3.63, 3.8) is 0 Å². The Balaban J connectivity index is 1.70. The normalized spacial score (nSPS) is 17.1. The first-order chi connectivity index (χ1) is 11.6. The molecule has 1 aromatic carbocycles. The van der Waals surface area contributed by atoms with Crippen LogP contribution in [0.4, 0.5) is 4.39 Å². The molecule has 1 aliphatic rings. The molecule has 0 spiro atoms. The summed E-state index contributed by atoms with van der Waals surface area (Å²) in [6.45, 7) is 5.36. The van der Waals surface area contributed by atoms with Crippen molar-refractivity contribution in [2.45, 2.75) is 58.1 Å². The molecule has 2 rings (SSSR count). The Bertz CT molecular complexity index is 541. The lowest BCUT2D eigenvalue weighted by atomic mass is 10.1. The first-order valence-electron chi connectivity index (χ1n) is 8.95. The minimum atomic E-state index is -0.173. The number of benzene rings is 1. The van der Waals surface area contributed by atoms with Gasteiger partial charge < -0.3 is 15.4 Å². The fourth-order valence-corrected chi connectivity index (χ4v) is 2.95.